The average molecular weight is 281 g/mol. The zero-order valence-corrected chi connectivity index (χ0v) is 12.3. The standard InChI is InChI=1S/C13H23N5O2/c1-13(2,3)20-12(19)14-8-9-4-6-10(7-5-9)11-15-17-18-16-11/h9-10H,4-8H2,1-3H3,(H,14,19)(H,15,16,17,18). The number of carbonyl (C=O) groups excluding carboxylic acids is 1. The number of aromatic nitrogens is 4. The van der Waals surface area contributed by atoms with Crippen LogP contribution in [0.4, 0.5) is 4.79 Å². The minimum absolute atomic E-state index is 0.335. The second-order valence-corrected chi connectivity index (χ2v) is 6.37. The van der Waals surface area contributed by atoms with E-state index >= 15 is 0 Å². The lowest BCUT2D eigenvalue weighted by atomic mass is 9.81. The van der Waals surface area contributed by atoms with Gasteiger partial charge in [-0.2, -0.15) is 5.21 Å². The molecule has 1 heterocycles. The SMILES string of the molecule is CC(C)(C)OC(=O)NCC1CCC(c2nn[nH]n2)CC1. The number of hydrogen-bond donors (Lipinski definition) is 2. The number of H-pyrrole nitrogens is 1. The largest absolute Gasteiger partial charge is 0.444 e. The summed E-state index contributed by atoms with van der Waals surface area (Å²) < 4.78 is 5.23. The van der Waals surface area contributed by atoms with E-state index in [2.05, 4.69) is 25.9 Å². The van der Waals surface area contributed by atoms with Crippen LogP contribution in [0, 0.1) is 5.92 Å². The van der Waals surface area contributed by atoms with Crippen molar-refractivity contribution in [3.63, 3.8) is 0 Å². The molecular weight excluding hydrogens is 258 g/mol. The zero-order valence-electron chi connectivity index (χ0n) is 12.3. The van der Waals surface area contributed by atoms with Crippen molar-refractivity contribution >= 4 is 6.09 Å². The van der Waals surface area contributed by atoms with Crippen molar-refractivity contribution in [1.82, 2.24) is 25.9 Å². The molecule has 2 N–H and O–H groups in total. The molecule has 1 aromatic rings. The fourth-order valence-corrected chi connectivity index (χ4v) is 2.51. The Bertz CT molecular complexity index is 418. The molecule has 1 aliphatic carbocycles. The molecular formula is C13H23N5O2. The predicted molar refractivity (Wildman–Crippen MR) is 73.1 cm³/mol. The molecule has 0 aromatic carbocycles. The van der Waals surface area contributed by atoms with Crippen molar-refractivity contribution < 1.29 is 9.53 Å². The van der Waals surface area contributed by atoms with Gasteiger partial charge in [0, 0.05) is 12.5 Å². The lowest BCUT2D eigenvalue weighted by Crippen LogP contribution is -2.36. The summed E-state index contributed by atoms with van der Waals surface area (Å²) in [7, 11) is 0. The first-order valence-corrected chi connectivity index (χ1v) is 7.14. The maximum absolute atomic E-state index is 11.6. The van der Waals surface area contributed by atoms with Gasteiger partial charge in [0.05, 0.1) is 0 Å². The van der Waals surface area contributed by atoms with E-state index in [-0.39, 0.29) is 6.09 Å². The van der Waals surface area contributed by atoms with Crippen LogP contribution in [-0.2, 0) is 4.74 Å². The lowest BCUT2D eigenvalue weighted by molar-refractivity contribution is 0.0514. The Morgan fingerprint density at radius 3 is 2.60 bits per heavy atom. The van der Waals surface area contributed by atoms with Gasteiger partial charge in [-0.25, -0.2) is 4.79 Å². The molecule has 7 heteroatoms. The zero-order chi connectivity index (χ0) is 14.6. The molecule has 0 bridgehead atoms. The molecule has 0 aliphatic heterocycles. The number of nitrogens with zero attached hydrogens (tertiary/aromatic N) is 3. The van der Waals surface area contributed by atoms with Gasteiger partial charge in [0.1, 0.15) is 5.60 Å². The molecule has 20 heavy (non-hydrogen) atoms. The van der Waals surface area contributed by atoms with Crippen molar-refractivity contribution in [1.29, 1.82) is 0 Å². The van der Waals surface area contributed by atoms with E-state index < -0.39 is 5.60 Å². The van der Waals surface area contributed by atoms with Crippen LogP contribution in [0.25, 0.3) is 0 Å². The molecule has 0 unspecified atom stereocenters. The molecule has 0 spiro atoms. The van der Waals surface area contributed by atoms with E-state index in [0.717, 1.165) is 31.5 Å². The smallest absolute Gasteiger partial charge is 0.407 e. The van der Waals surface area contributed by atoms with Gasteiger partial charge in [-0.3, -0.25) is 0 Å². The van der Waals surface area contributed by atoms with Gasteiger partial charge in [0.2, 0.25) is 0 Å². The first-order valence-electron chi connectivity index (χ1n) is 7.14. The highest BCUT2D eigenvalue weighted by molar-refractivity contribution is 5.67. The molecule has 0 atom stereocenters. The molecule has 1 aliphatic rings. The van der Waals surface area contributed by atoms with Crippen molar-refractivity contribution in [2.24, 2.45) is 5.92 Å². The summed E-state index contributed by atoms with van der Waals surface area (Å²) in [5.74, 6) is 1.71. The van der Waals surface area contributed by atoms with E-state index in [0.29, 0.717) is 18.4 Å². The molecule has 1 fully saturated rings. The number of nitrogens with one attached hydrogen (secondary N) is 2. The normalized spacial score (nSPS) is 23.4. The monoisotopic (exact) mass is 281 g/mol. The average Bonchev–Trinajstić information content (AvgIpc) is 2.89. The first-order chi connectivity index (χ1) is 9.44. The first kappa shape index (κ1) is 14.7. The third-order valence-corrected chi connectivity index (χ3v) is 3.51. The number of rotatable bonds is 3. The Labute approximate surface area is 118 Å². The summed E-state index contributed by atoms with van der Waals surface area (Å²) in [6.45, 7) is 6.27. The topological polar surface area (TPSA) is 92.8 Å². The molecule has 1 saturated carbocycles. The van der Waals surface area contributed by atoms with E-state index in [1.165, 1.54) is 0 Å². The van der Waals surface area contributed by atoms with Crippen LogP contribution in [0.2, 0.25) is 0 Å². The molecule has 2 rings (SSSR count). The Morgan fingerprint density at radius 1 is 1.35 bits per heavy atom. The maximum Gasteiger partial charge on any atom is 0.407 e. The Morgan fingerprint density at radius 2 is 2.05 bits per heavy atom. The molecule has 112 valence electrons. The number of aromatic amines is 1. The van der Waals surface area contributed by atoms with Crippen molar-refractivity contribution in [2.75, 3.05) is 6.54 Å². The molecule has 0 radical (unpaired) electrons. The van der Waals surface area contributed by atoms with Crippen LogP contribution in [0.3, 0.4) is 0 Å². The number of alkyl carbamates (subject to hydrolysis) is 1. The molecule has 0 saturated heterocycles. The Kier molecular flexibility index (Phi) is 4.57. The van der Waals surface area contributed by atoms with E-state index in [9.17, 15) is 4.79 Å². The fraction of sp³-hybridized carbons (Fsp3) is 0.846. The Hall–Kier alpha value is -1.66. The van der Waals surface area contributed by atoms with Crippen molar-refractivity contribution in [2.45, 2.75) is 58.0 Å². The third-order valence-electron chi connectivity index (χ3n) is 3.51. The minimum atomic E-state index is -0.444. The van der Waals surface area contributed by atoms with Gasteiger partial charge >= 0.3 is 6.09 Å². The predicted octanol–water partition coefficient (Wildman–Crippen LogP) is 2.00. The summed E-state index contributed by atoms with van der Waals surface area (Å²) in [6, 6.07) is 0. The van der Waals surface area contributed by atoms with Crippen LogP contribution >= 0.6 is 0 Å². The van der Waals surface area contributed by atoms with Crippen molar-refractivity contribution in [3.05, 3.63) is 5.82 Å². The summed E-state index contributed by atoms with van der Waals surface area (Å²) in [5.41, 5.74) is -0.444. The van der Waals surface area contributed by atoms with Gasteiger partial charge in [-0.15, -0.1) is 10.2 Å². The van der Waals surface area contributed by atoms with Crippen LogP contribution in [-0.4, -0.2) is 38.9 Å². The number of amides is 1. The molecule has 7 nitrogen and oxygen atoms in total. The summed E-state index contributed by atoms with van der Waals surface area (Å²) in [6.07, 6.45) is 3.88. The summed E-state index contributed by atoms with van der Waals surface area (Å²) in [5, 5.41) is 17.0. The Balaban J connectivity index is 1.68. The van der Waals surface area contributed by atoms with Crippen LogP contribution < -0.4 is 5.32 Å². The summed E-state index contributed by atoms with van der Waals surface area (Å²) >= 11 is 0. The van der Waals surface area contributed by atoms with Crippen LogP contribution in [0.5, 0.6) is 0 Å². The van der Waals surface area contributed by atoms with Crippen molar-refractivity contribution in [3.8, 4) is 0 Å². The maximum atomic E-state index is 11.6. The van der Waals surface area contributed by atoms with E-state index in [1.807, 2.05) is 20.8 Å². The van der Waals surface area contributed by atoms with Gasteiger partial charge < -0.3 is 10.1 Å². The summed E-state index contributed by atoms with van der Waals surface area (Å²) in [4.78, 5) is 11.6. The van der Waals surface area contributed by atoms with E-state index in [4.69, 9.17) is 4.74 Å². The fourth-order valence-electron chi connectivity index (χ4n) is 2.51. The van der Waals surface area contributed by atoms with Gasteiger partial charge in [0.15, 0.2) is 5.82 Å². The second-order valence-electron chi connectivity index (χ2n) is 6.37. The second kappa shape index (κ2) is 6.19. The highest BCUT2D eigenvalue weighted by atomic mass is 16.6. The van der Waals surface area contributed by atoms with Crippen LogP contribution in [0.15, 0.2) is 0 Å². The third kappa shape index (κ3) is 4.47. The number of hydrogen-bond acceptors (Lipinski definition) is 5. The number of carbonyl (C=O) groups is 1. The van der Waals surface area contributed by atoms with Gasteiger partial charge in [-0.05, 0) is 52.4 Å². The molecule has 1 amide bonds. The van der Waals surface area contributed by atoms with Gasteiger partial charge in [-0.1, -0.05) is 5.21 Å². The van der Waals surface area contributed by atoms with Crippen LogP contribution in [0.1, 0.15) is 58.2 Å². The van der Waals surface area contributed by atoms with E-state index in [1.54, 1.807) is 0 Å². The molecule has 1 aromatic heterocycles. The minimum Gasteiger partial charge on any atom is -0.444 e. The highest BCUT2D eigenvalue weighted by Crippen LogP contribution is 2.33. The highest BCUT2D eigenvalue weighted by Gasteiger charge is 2.25. The number of tetrazole rings is 1. The quantitative estimate of drug-likeness (QED) is 0.884. The van der Waals surface area contributed by atoms with Gasteiger partial charge in [0.25, 0.3) is 0 Å². The lowest BCUT2D eigenvalue weighted by Gasteiger charge is -2.27. The number of ether oxygens (including phenoxy) is 1.